The molecule has 0 N–H and O–H groups in total. The molecule has 11 aromatic carbocycles. The van der Waals surface area contributed by atoms with Crippen LogP contribution in [0.3, 0.4) is 0 Å². The fourth-order valence-electron chi connectivity index (χ4n) is 8.32. The summed E-state index contributed by atoms with van der Waals surface area (Å²) in [4.78, 5) is 1.38. The van der Waals surface area contributed by atoms with Crippen LogP contribution in [-0.2, 0) is 0 Å². The van der Waals surface area contributed by atoms with E-state index in [1.54, 1.807) is 6.07 Å². The summed E-state index contributed by atoms with van der Waals surface area (Å²) in [6.07, 6.45) is 0. The topological polar surface area (TPSA) is 3.24 Å². The number of nitrogens with zero attached hydrogens (tertiary/aromatic N) is 1. The van der Waals surface area contributed by atoms with Crippen molar-refractivity contribution in [3.8, 4) is 55.6 Å². The van der Waals surface area contributed by atoms with Gasteiger partial charge in [-0.2, -0.15) is 0 Å². The Labute approximate surface area is 368 Å². The Kier molecular flexibility index (Phi) is 7.29. The Balaban J connectivity index is 1.14. The Morgan fingerprint density at radius 1 is 0.246 bits per heavy atom. The van der Waals surface area contributed by atoms with Crippen molar-refractivity contribution in [3.05, 3.63) is 249 Å². The largest absolute Gasteiger partial charge is 0.310 e. The molecule has 61 heavy (non-hydrogen) atoms. The van der Waals surface area contributed by atoms with Crippen LogP contribution in [0.2, 0.25) is 0 Å². The van der Waals surface area contributed by atoms with Crippen molar-refractivity contribution >= 4 is 49.4 Å². The van der Waals surface area contributed by atoms with Crippen molar-refractivity contribution in [2.75, 3.05) is 4.90 Å². The summed E-state index contributed by atoms with van der Waals surface area (Å²) in [7, 11) is 0. The van der Waals surface area contributed by atoms with Gasteiger partial charge in [0.25, 0.3) is 0 Å². The zero-order valence-electron chi connectivity index (χ0n) is 41.0. The van der Waals surface area contributed by atoms with E-state index in [1.807, 2.05) is 188 Å². The smallest absolute Gasteiger partial charge is 0.0645 e. The van der Waals surface area contributed by atoms with Gasteiger partial charge in [-0.25, -0.2) is 0 Å². The molecule has 0 aromatic heterocycles. The third kappa shape index (κ3) is 7.03. The van der Waals surface area contributed by atoms with Crippen LogP contribution < -0.4 is 4.90 Å². The van der Waals surface area contributed by atoms with Crippen molar-refractivity contribution in [2.24, 2.45) is 0 Å². The average Bonchev–Trinajstić information content (AvgIpc) is 3.39. The van der Waals surface area contributed by atoms with Crippen LogP contribution >= 0.6 is 0 Å². The van der Waals surface area contributed by atoms with Crippen LogP contribution in [0.15, 0.2) is 249 Å². The predicted molar refractivity (Wildman–Crippen MR) is 261 cm³/mol. The molecule has 0 amide bonds. The Hall–Kier alpha value is -8.00. The maximum Gasteiger partial charge on any atom is 0.0645 e. The molecule has 0 spiro atoms. The van der Waals surface area contributed by atoms with Gasteiger partial charge in [-0.15, -0.1) is 0 Å². The normalized spacial score (nSPS) is 13.1. The van der Waals surface area contributed by atoms with E-state index < -0.39 is 24.2 Å². The van der Waals surface area contributed by atoms with Gasteiger partial charge in [0.2, 0.25) is 0 Å². The molecular weight excluding hydrogens is 735 g/mol. The molecule has 0 heterocycles. The average molecular weight is 784 g/mol. The molecule has 1 heteroatoms. The van der Waals surface area contributed by atoms with E-state index in [9.17, 15) is 11.0 Å². The summed E-state index contributed by atoms with van der Waals surface area (Å²) in [6, 6.07) is 61.6. The van der Waals surface area contributed by atoms with Crippen LogP contribution in [0.25, 0.3) is 88.0 Å². The molecule has 0 saturated heterocycles. The third-order valence-corrected chi connectivity index (χ3v) is 11.3. The zero-order valence-corrected chi connectivity index (χ0v) is 33.0. The molecule has 0 aliphatic rings. The molecule has 11 rings (SSSR count). The van der Waals surface area contributed by atoms with Gasteiger partial charge >= 0.3 is 0 Å². The third-order valence-electron chi connectivity index (χ3n) is 11.3. The first-order chi connectivity index (χ1) is 33.6. The minimum atomic E-state index is -0.407. The van der Waals surface area contributed by atoms with Gasteiger partial charge in [-0.1, -0.05) is 188 Å². The fourth-order valence-corrected chi connectivity index (χ4v) is 8.32. The Morgan fingerprint density at radius 3 is 1.38 bits per heavy atom. The predicted octanol–water partition coefficient (Wildman–Crippen LogP) is 17.0. The highest BCUT2D eigenvalue weighted by Gasteiger charge is 2.16. The van der Waals surface area contributed by atoms with Crippen molar-refractivity contribution < 1.29 is 11.0 Å². The maximum absolute atomic E-state index is 9.82. The molecule has 0 radical (unpaired) electrons. The first-order valence-corrected chi connectivity index (χ1v) is 20.3. The summed E-state index contributed by atoms with van der Waals surface area (Å²) < 4.78 is 77.7. The Bertz CT molecular complexity index is 3710. The molecule has 0 unspecified atom stereocenters. The fraction of sp³-hybridized carbons (Fsp3) is 0. The van der Waals surface area contributed by atoms with Gasteiger partial charge in [-0.05, 0) is 149 Å². The van der Waals surface area contributed by atoms with E-state index in [0.29, 0.717) is 16.8 Å². The standard InChI is InChI=1S/C60H41N/c1-3-13-42(14-4-1)51-38-52(43-15-5-2-6-16-43)40-53(39-51)45-29-34-55(35-30-45)61(56-21-11-20-49(41-56)59-24-12-19-46-17-7-9-22-57(46)59)54-32-27-44(28-33-54)48-31-36-60-50(37-48)26-25-47-18-8-10-23-58(47)60/h1-41H/i27D,28D,29D,30D,32D,33D,34D,35D. The molecule has 0 aliphatic heterocycles. The quantitative estimate of drug-likeness (QED) is 0.139. The van der Waals surface area contributed by atoms with Crippen LogP contribution in [0.5, 0.6) is 0 Å². The maximum atomic E-state index is 9.82. The Morgan fingerprint density at radius 2 is 0.721 bits per heavy atom. The van der Waals surface area contributed by atoms with E-state index in [-0.39, 0.29) is 46.7 Å². The molecule has 11 aromatic rings. The lowest BCUT2D eigenvalue weighted by molar-refractivity contribution is 1.28. The molecule has 0 aliphatic carbocycles. The van der Waals surface area contributed by atoms with Crippen molar-refractivity contribution in [1.82, 2.24) is 0 Å². The minimum absolute atomic E-state index is 0.0900. The molecule has 1 nitrogen and oxygen atoms in total. The monoisotopic (exact) mass is 783 g/mol. The minimum Gasteiger partial charge on any atom is -0.310 e. The highest BCUT2D eigenvalue weighted by Crippen LogP contribution is 2.41. The number of fused-ring (bicyclic) bond motifs is 4. The van der Waals surface area contributed by atoms with Gasteiger partial charge in [0.05, 0.1) is 11.0 Å². The number of anilines is 3. The van der Waals surface area contributed by atoms with Crippen LogP contribution in [0, 0.1) is 0 Å². The SMILES string of the molecule is [2H]c1c([2H])c(N(c2cccc(-c3cccc4ccccc34)c2)c2c([2H])c([2H])c(-c3ccc4c(ccc5ccccc54)c3)c([2H])c2[2H])c([2H])c([2H])c1-c1cc(-c2ccccc2)cc(-c2ccccc2)c1. The summed E-state index contributed by atoms with van der Waals surface area (Å²) in [5.41, 5.74) is 6.28. The van der Waals surface area contributed by atoms with Gasteiger partial charge in [0.15, 0.2) is 0 Å². The van der Waals surface area contributed by atoms with E-state index in [4.69, 9.17) is 0 Å². The van der Waals surface area contributed by atoms with Gasteiger partial charge in [0, 0.05) is 17.1 Å². The van der Waals surface area contributed by atoms with Crippen LogP contribution in [0.4, 0.5) is 17.1 Å². The molecule has 286 valence electrons. The molecule has 0 atom stereocenters. The molecular formula is C60H41N. The second-order valence-corrected chi connectivity index (χ2v) is 15.1. The van der Waals surface area contributed by atoms with E-state index in [2.05, 4.69) is 6.07 Å². The molecule has 0 fully saturated rings. The molecule has 0 bridgehead atoms. The molecule has 0 saturated carbocycles. The highest BCUT2D eigenvalue weighted by atomic mass is 15.1. The van der Waals surface area contributed by atoms with Gasteiger partial charge in [-0.3, -0.25) is 0 Å². The van der Waals surface area contributed by atoms with Crippen molar-refractivity contribution in [2.45, 2.75) is 0 Å². The van der Waals surface area contributed by atoms with Crippen LogP contribution in [-0.4, -0.2) is 0 Å². The van der Waals surface area contributed by atoms with Crippen molar-refractivity contribution in [3.63, 3.8) is 0 Å². The van der Waals surface area contributed by atoms with Gasteiger partial charge < -0.3 is 4.90 Å². The summed E-state index contributed by atoms with van der Waals surface area (Å²) in [6.45, 7) is 0. The summed E-state index contributed by atoms with van der Waals surface area (Å²) in [5.74, 6) is 0. The zero-order chi connectivity index (χ0) is 47.5. The lowest BCUT2D eigenvalue weighted by Gasteiger charge is -2.26. The second-order valence-electron chi connectivity index (χ2n) is 15.1. The summed E-state index contributed by atoms with van der Waals surface area (Å²) in [5, 5.41) is 6.03. The van der Waals surface area contributed by atoms with E-state index in [0.717, 1.165) is 65.7 Å². The van der Waals surface area contributed by atoms with E-state index >= 15 is 0 Å². The second kappa shape index (κ2) is 15.6. The number of hydrogen-bond acceptors (Lipinski definition) is 1. The highest BCUT2D eigenvalue weighted by molar-refractivity contribution is 6.08. The lowest BCUT2D eigenvalue weighted by atomic mass is 9.93. The number of rotatable bonds is 8. The lowest BCUT2D eigenvalue weighted by Crippen LogP contribution is -2.10. The summed E-state index contributed by atoms with van der Waals surface area (Å²) >= 11 is 0. The number of hydrogen-bond donors (Lipinski definition) is 0. The first kappa shape index (κ1) is 28.4. The number of benzene rings is 11. The van der Waals surface area contributed by atoms with E-state index in [1.165, 1.54) is 4.90 Å². The van der Waals surface area contributed by atoms with Crippen molar-refractivity contribution in [1.29, 1.82) is 0 Å². The first-order valence-electron chi connectivity index (χ1n) is 24.3. The van der Waals surface area contributed by atoms with Gasteiger partial charge in [0.1, 0.15) is 0 Å². The van der Waals surface area contributed by atoms with Crippen LogP contribution in [0.1, 0.15) is 11.0 Å².